The van der Waals surface area contributed by atoms with E-state index in [1.54, 1.807) is 11.9 Å². The first-order valence-electron chi connectivity index (χ1n) is 6.56. The lowest BCUT2D eigenvalue weighted by Crippen LogP contribution is -2.44. The maximum absolute atomic E-state index is 12.3. The summed E-state index contributed by atoms with van der Waals surface area (Å²) in [6, 6.07) is 0. The van der Waals surface area contributed by atoms with Crippen LogP contribution in [0.15, 0.2) is 0 Å². The summed E-state index contributed by atoms with van der Waals surface area (Å²) in [6.07, 6.45) is 1.31. The van der Waals surface area contributed by atoms with Crippen molar-refractivity contribution < 1.29 is 13.2 Å². The summed E-state index contributed by atoms with van der Waals surface area (Å²) in [7, 11) is -1.87. The van der Waals surface area contributed by atoms with Gasteiger partial charge < -0.3 is 10.6 Å². The van der Waals surface area contributed by atoms with Crippen LogP contribution >= 0.6 is 0 Å². The highest BCUT2D eigenvalue weighted by Gasteiger charge is 2.28. The Morgan fingerprint density at radius 2 is 1.95 bits per heavy atom. The standard InChI is InChI=1S/C11H24N4O3S/c1-11(16)14-7-4-8-15(10-9-14)19(17,18)13(2)6-3-5-12/h3-10,12H2,1-2H3. The normalized spacial score (nSPS) is 18.6. The number of carbonyl (C=O) groups is 1. The average Bonchev–Trinajstić information content (AvgIpc) is 2.61. The summed E-state index contributed by atoms with van der Waals surface area (Å²) in [4.78, 5) is 13.0. The molecule has 1 aliphatic heterocycles. The highest BCUT2D eigenvalue weighted by Crippen LogP contribution is 2.11. The Balaban J connectivity index is 2.66. The molecule has 0 saturated carbocycles. The summed E-state index contributed by atoms with van der Waals surface area (Å²) in [5, 5.41) is 0. The van der Waals surface area contributed by atoms with Crippen molar-refractivity contribution in [2.45, 2.75) is 19.8 Å². The zero-order chi connectivity index (χ0) is 14.5. The van der Waals surface area contributed by atoms with Crippen LogP contribution in [0.4, 0.5) is 0 Å². The number of nitrogens with zero attached hydrogens (tertiary/aromatic N) is 3. The fraction of sp³-hybridized carbons (Fsp3) is 0.909. The molecule has 1 heterocycles. The van der Waals surface area contributed by atoms with Crippen LogP contribution < -0.4 is 5.73 Å². The van der Waals surface area contributed by atoms with E-state index in [4.69, 9.17) is 5.73 Å². The quantitative estimate of drug-likeness (QED) is 0.709. The highest BCUT2D eigenvalue weighted by molar-refractivity contribution is 7.86. The maximum atomic E-state index is 12.3. The molecule has 1 aliphatic rings. The van der Waals surface area contributed by atoms with Gasteiger partial charge in [-0.25, -0.2) is 0 Å². The van der Waals surface area contributed by atoms with Crippen molar-refractivity contribution in [1.29, 1.82) is 0 Å². The molecule has 0 radical (unpaired) electrons. The van der Waals surface area contributed by atoms with Crippen LogP contribution in [0.25, 0.3) is 0 Å². The minimum absolute atomic E-state index is 0.00395. The highest BCUT2D eigenvalue weighted by atomic mass is 32.2. The van der Waals surface area contributed by atoms with E-state index in [1.807, 2.05) is 0 Å². The smallest absolute Gasteiger partial charge is 0.281 e. The van der Waals surface area contributed by atoms with Gasteiger partial charge in [-0.2, -0.15) is 17.0 Å². The summed E-state index contributed by atoms with van der Waals surface area (Å²) in [5.74, 6) is -0.00395. The van der Waals surface area contributed by atoms with Gasteiger partial charge in [0.25, 0.3) is 10.2 Å². The molecule has 0 unspecified atom stereocenters. The first-order valence-corrected chi connectivity index (χ1v) is 7.96. The second kappa shape index (κ2) is 7.18. The van der Waals surface area contributed by atoms with E-state index >= 15 is 0 Å². The van der Waals surface area contributed by atoms with Crippen molar-refractivity contribution in [3.63, 3.8) is 0 Å². The fourth-order valence-corrected chi connectivity index (χ4v) is 3.49. The third-order valence-corrected chi connectivity index (χ3v) is 5.29. The molecule has 2 N–H and O–H groups in total. The van der Waals surface area contributed by atoms with Crippen LogP contribution in [0.1, 0.15) is 19.8 Å². The molecule has 0 bridgehead atoms. The van der Waals surface area contributed by atoms with Crippen molar-refractivity contribution in [3.05, 3.63) is 0 Å². The van der Waals surface area contributed by atoms with E-state index < -0.39 is 10.2 Å². The molecule has 0 spiro atoms. The van der Waals surface area contributed by atoms with E-state index in [0.29, 0.717) is 52.1 Å². The van der Waals surface area contributed by atoms with Gasteiger partial charge in [-0.05, 0) is 19.4 Å². The molecule has 0 atom stereocenters. The molecule has 0 aromatic rings. The van der Waals surface area contributed by atoms with Crippen LogP contribution in [-0.2, 0) is 15.0 Å². The van der Waals surface area contributed by atoms with Gasteiger partial charge in [0, 0.05) is 46.7 Å². The molecule has 0 aliphatic carbocycles. The summed E-state index contributed by atoms with van der Waals surface area (Å²) < 4.78 is 27.4. The van der Waals surface area contributed by atoms with Crippen molar-refractivity contribution in [1.82, 2.24) is 13.5 Å². The maximum Gasteiger partial charge on any atom is 0.281 e. The molecule has 0 aromatic heterocycles. The second-order valence-electron chi connectivity index (χ2n) is 4.73. The minimum atomic E-state index is -3.43. The molecule has 0 aromatic carbocycles. The minimum Gasteiger partial charge on any atom is -0.342 e. The number of hydrogen-bond acceptors (Lipinski definition) is 4. The number of carbonyl (C=O) groups excluding carboxylic acids is 1. The number of rotatable bonds is 5. The molecule has 112 valence electrons. The van der Waals surface area contributed by atoms with Crippen LogP contribution in [0.2, 0.25) is 0 Å². The van der Waals surface area contributed by atoms with Gasteiger partial charge in [-0.15, -0.1) is 0 Å². The zero-order valence-electron chi connectivity index (χ0n) is 11.7. The van der Waals surface area contributed by atoms with Gasteiger partial charge in [-0.3, -0.25) is 4.79 Å². The average molecular weight is 292 g/mol. The van der Waals surface area contributed by atoms with Crippen molar-refractivity contribution >= 4 is 16.1 Å². The lowest BCUT2D eigenvalue weighted by molar-refractivity contribution is -0.128. The Hall–Kier alpha value is -0.700. The van der Waals surface area contributed by atoms with Crippen molar-refractivity contribution in [2.24, 2.45) is 5.73 Å². The number of hydrogen-bond donors (Lipinski definition) is 1. The van der Waals surface area contributed by atoms with Gasteiger partial charge in [-0.1, -0.05) is 0 Å². The molecule has 19 heavy (non-hydrogen) atoms. The molecular weight excluding hydrogens is 268 g/mol. The first-order chi connectivity index (χ1) is 8.89. The van der Waals surface area contributed by atoms with Crippen molar-refractivity contribution in [3.8, 4) is 0 Å². The first kappa shape index (κ1) is 16.4. The predicted molar refractivity (Wildman–Crippen MR) is 73.7 cm³/mol. The van der Waals surface area contributed by atoms with E-state index in [9.17, 15) is 13.2 Å². The molecular formula is C11H24N4O3S. The lowest BCUT2D eigenvalue weighted by atomic mass is 10.4. The SMILES string of the molecule is CC(=O)N1CCCN(S(=O)(=O)N(C)CCCN)CC1. The van der Waals surface area contributed by atoms with Crippen LogP contribution in [-0.4, -0.2) is 74.2 Å². The number of amides is 1. The zero-order valence-corrected chi connectivity index (χ0v) is 12.5. The summed E-state index contributed by atoms with van der Waals surface area (Å²) in [6.45, 7) is 4.29. The van der Waals surface area contributed by atoms with Crippen LogP contribution in [0.5, 0.6) is 0 Å². The second-order valence-corrected chi connectivity index (χ2v) is 6.77. The number of nitrogens with two attached hydrogens (primary N) is 1. The van der Waals surface area contributed by atoms with Crippen molar-refractivity contribution in [2.75, 3.05) is 46.3 Å². The van der Waals surface area contributed by atoms with Gasteiger partial charge in [0.05, 0.1) is 0 Å². The molecule has 1 amide bonds. The van der Waals surface area contributed by atoms with Gasteiger partial charge >= 0.3 is 0 Å². The summed E-state index contributed by atoms with van der Waals surface area (Å²) >= 11 is 0. The largest absolute Gasteiger partial charge is 0.342 e. The van der Waals surface area contributed by atoms with Crippen LogP contribution in [0, 0.1) is 0 Å². The monoisotopic (exact) mass is 292 g/mol. The topological polar surface area (TPSA) is 87.0 Å². The van der Waals surface area contributed by atoms with E-state index in [1.165, 1.54) is 15.5 Å². The molecule has 7 nitrogen and oxygen atoms in total. The predicted octanol–water partition coefficient (Wildman–Crippen LogP) is -0.934. The van der Waals surface area contributed by atoms with Gasteiger partial charge in [0.1, 0.15) is 0 Å². The summed E-state index contributed by atoms with van der Waals surface area (Å²) in [5.41, 5.74) is 5.40. The van der Waals surface area contributed by atoms with E-state index in [0.717, 1.165) is 0 Å². The van der Waals surface area contributed by atoms with E-state index in [-0.39, 0.29) is 5.91 Å². The lowest BCUT2D eigenvalue weighted by Gasteiger charge is -2.26. The Morgan fingerprint density at radius 1 is 1.26 bits per heavy atom. The Morgan fingerprint density at radius 3 is 2.53 bits per heavy atom. The fourth-order valence-electron chi connectivity index (χ4n) is 2.07. The van der Waals surface area contributed by atoms with Gasteiger partial charge in [0.15, 0.2) is 0 Å². The third-order valence-electron chi connectivity index (χ3n) is 3.30. The molecule has 1 fully saturated rings. The third kappa shape index (κ3) is 4.41. The Kier molecular flexibility index (Phi) is 6.18. The molecule has 1 rings (SSSR count). The van der Waals surface area contributed by atoms with E-state index in [2.05, 4.69) is 0 Å². The Bertz CT molecular complexity index is 399. The van der Waals surface area contributed by atoms with Crippen LogP contribution in [0.3, 0.4) is 0 Å². The molecule has 8 heteroatoms. The molecule has 1 saturated heterocycles. The Labute approximate surface area is 115 Å². The van der Waals surface area contributed by atoms with Gasteiger partial charge in [0.2, 0.25) is 5.91 Å².